The molecule has 0 bridgehead atoms. The highest BCUT2D eigenvalue weighted by molar-refractivity contribution is 7.14. The molecule has 2 N–H and O–H groups in total. The number of rotatable bonds is 2. The predicted molar refractivity (Wildman–Crippen MR) is 69.6 cm³/mol. The molecule has 5 nitrogen and oxygen atoms in total. The minimum atomic E-state index is -1.29. The number of carboxylic acids is 1. The van der Waals surface area contributed by atoms with Crippen molar-refractivity contribution in [2.75, 3.05) is 0 Å². The second-order valence-corrected chi connectivity index (χ2v) is 5.00. The van der Waals surface area contributed by atoms with E-state index in [2.05, 4.69) is 9.97 Å². The number of carboxylic acid groups (broad SMARTS) is 1. The van der Waals surface area contributed by atoms with E-state index in [-0.39, 0.29) is 11.3 Å². The first-order chi connectivity index (χ1) is 8.41. The van der Waals surface area contributed by atoms with Gasteiger partial charge in [0, 0.05) is 0 Å². The monoisotopic (exact) mass is 284 g/mol. The highest BCUT2D eigenvalue weighted by Crippen LogP contribution is 2.34. The van der Waals surface area contributed by atoms with E-state index in [1.54, 1.807) is 0 Å². The Hall–Kier alpha value is -1.66. The van der Waals surface area contributed by atoms with Crippen molar-refractivity contribution in [1.82, 2.24) is 9.97 Å². The van der Waals surface area contributed by atoms with Gasteiger partial charge in [0.25, 0.3) is 5.56 Å². The molecular weight excluding hydrogens is 276 g/mol. The maximum atomic E-state index is 11.7. The van der Waals surface area contributed by atoms with Gasteiger partial charge in [0.1, 0.15) is 5.56 Å². The van der Waals surface area contributed by atoms with Gasteiger partial charge in [-0.3, -0.25) is 4.79 Å². The third-order valence-electron chi connectivity index (χ3n) is 2.43. The third-order valence-corrected chi connectivity index (χ3v) is 4.13. The van der Waals surface area contributed by atoms with Crippen LogP contribution >= 0.6 is 22.9 Å². The highest BCUT2D eigenvalue weighted by atomic mass is 35.5. The summed E-state index contributed by atoms with van der Waals surface area (Å²) in [7, 11) is 0. The van der Waals surface area contributed by atoms with Crippen LogP contribution in [0.4, 0.5) is 0 Å². The second-order valence-electron chi connectivity index (χ2n) is 3.74. The summed E-state index contributed by atoms with van der Waals surface area (Å²) in [4.78, 5) is 29.7. The third kappa shape index (κ3) is 2.04. The molecule has 0 saturated heterocycles. The van der Waals surface area contributed by atoms with Crippen LogP contribution in [0.2, 0.25) is 5.02 Å². The van der Waals surface area contributed by atoms with Crippen molar-refractivity contribution in [3.8, 4) is 10.7 Å². The number of carbonyl (C=O) groups is 1. The number of hydrogen-bond donors (Lipinski definition) is 2. The van der Waals surface area contributed by atoms with E-state index in [4.69, 9.17) is 16.7 Å². The molecule has 18 heavy (non-hydrogen) atoms. The molecule has 2 heterocycles. The lowest BCUT2D eigenvalue weighted by molar-refractivity contribution is 0.0693. The van der Waals surface area contributed by atoms with E-state index < -0.39 is 11.5 Å². The summed E-state index contributed by atoms with van der Waals surface area (Å²) >= 11 is 7.43. The summed E-state index contributed by atoms with van der Waals surface area (Å²) in [6, 6.07) is 0. The quantitative estimate of drug-likeness (QED) is 0.887. The highest BCUT2D eigenvalue weighted by Gasteiger charge is 2.18. The Kier molecular flexibility index (Phi) is 3.23. The van der Waals surface area contributed by atoms with Crippen molar-refractivity contribution < 1.29 is 9.90 Å². The number of nitrogens with zero attached hydrogens (tertiary/aromatic N) is 1. The van der Waals surface area contributed by atoms with Crippen molar-refractivity contribution in [3.63, 3.8) is 0 Å². The molecule has 0 spiro atoms. The molecule has 0 unspecified atom stereocenters. The lowest BCUT2D eigenvalue weighted by atomic mass is 10.2. The van der Waals surface area contributed by atoms with E-state index in [0.29, 0.717) is 15.7 Å². The summed E-state index contributed by atoms with van der Waals surface area (Å²) in [5.41, 5.74) is 0.0397. The molecular formula is C11H9ClN2O3S. The maximum Gasteiger partial charge on any atom is 0.343 e. The molecule has 0 aliphatic carbocycles. The molecule has 2 aromatic rings. The topological polar surface area (TPSA) is 83.0 Å². The van der Waals surface area contributed by atoms with Gasteiger partial charge in [-0.15, -0.1) is 11.3 Å². The van der Waals surface area contributed by atoms with Crippen LogP contribution in [0.25, 0.3) is 10.7 Å². The second kappa shape index (κ2) is 4.55. The zero-order valence-electron chi connectivity index (χ0n) is 9.57. The lowest BCUT2D eigenvalue weighted by Crippen LogP contribution is -2.21. The molecule has 0 radical (unpaired) electrons. The Labute approximate surface area is 111 Å². The first-order valence-electron chi connectivity index (χ1n) is 5.00. The fourth-order valence-electron chi connectivity index (χ4n) is 1.53. The van der Waals surface area contributed by atoms with Gasteiger partial charge in [0.05, 0.1) is 15.6 Å². The molecule has 94 valence electrons. The van der Waals surface area contributed by atoms with Crippen molar-refractivity contribution in [1.29, 1.82) is 0 Å². The first kappa shape index (κ1) is 12.8. The molecule has 2 rings (SSSR count). The number of aromatic nitrogens is 2. The Morgan fingerprint density at radius 2 is 2.17 bits per heavy atom. The number of nitrogens with one attached hydrogen (secondary N) is 1. The summed E-state index contributed by atoms with van der Waals surface area (Å²) in [5.74, 6) is -0.994. The molecule has 0 amide bonds. The zero-order valence-corrected chi connectivity index (χ0v) is 11.1. The molecule has 7 heteroatoms. The van der Waals surface area contributed by atoms with Gasteiger partial charge >= 0.3 is 5.97 Å². The van der Waals surface area contributed by atoms with Crippen LogP contribution in [-0.4, -0.2) is 21.0 Å². The maximum absolute atomic E-state index is 11.7. The molecule has 0 saturated carbocycles. The van der Waals surface area contributed by atoms with Gasteiger partial charge in [-0.1, -0.05) is 11.6 Å². The number of aromatic carboxylic acids is 1. The van der Waals surface area contributed by atoms with Gasteiger partial charge in [0.2, 0.25) is 0 Å². The fraction of sp³-hybridized carbons (Fsp3) is 0.182. The smallest absolute Gasteiger partial charge is 0.343 e. The van der Waals surface area contributed by atoms with Gasteiger partial charge in [-0.25, -0.2) is 9.78 Å². The van der Waals surface area contributed by atoms with Crippen molar-refractivity contribution in [3.05, 3.63) is 37.6 Å². The standard InChI is InChI=1S/C11H9ClN2O3S/c1-4-3-18-8(7(4)12)9-13-5(2)6(11(16)17)10(15)14-9/h3H,1-2H3,(H,16,17)(H,13,14,15). The SMILES string of the molecule is Cc1csc(-c2nc(C)c(C(=O)O)c(=O)[nH]2)c1Cl. The minimum Gasteiger partial charge on any atom is -0.477 e. The average molecular weight is 285 g/mol. The van der Waals surface area contributed by atoms with Crippen LogP contribution in [0.15, 0.2) is 10.2 Å². The minimum absolute atomic E-state index is 0.170. The number of thiophene rings is 1. The molecule has 0 aliphatic rings. The summed E-state index contributed by atoms with van der Waals surface area (Å²) in [6.07, 6.45) is 0. The van der Waals surface area contributed by atoms with Crippen LogP contribution in [0.1, 0.15) is 21.6 Å². The Morgan fingerprint density at radius 3 is 2.61 bits per heavy atom. The van der Waals surface area contributed by atoms with E-state index in [9.17, 15) is 9.59 Å². The molecule has 0 fully saturated rings. The van der Waals surface area contributed by atoms with Crippen molar-refractivity contribution >= 4 is 28.9 Å². The Bertz CT molecular complexity index is 690. The van der Waals surface area contributed by atoms with Crippen molar-refractivity contribution in [2.24, 2.45) is 0 Å². The summed E-state index contributed by atoms with van der Waals surface area (Å²) < 4.78 is 0. The van der Waals surface area contributed by atoms with Crippen molar-refractivity contribution in [2.45, 2.75) is 13.8 Å². The Morgan fingerprint density at radius 1 is 1.50 bits per heavy atom. The van der Waals surface area contributed by atoms with E-state index in [1.165, 1.54) is 18.3 Å². The molecule has 0 aliphatic heterocycles. The Balaban J connectivity index is 2.66. The molecule has 2 aromatic heterocycles. The molecule has 0 atom stereocenters. The fourth-order valence-corrected chi connectivity index (χ4v) is 2.76. The number of H-pyrrole nitrogens is 1. The van der Waals surface area contributed by atoms with E-state index in [1.807, 2.05) is 12.3 Å². The van der Waals surface area contributed by atoms with Crippen LogP contribution in [0.3, 0.4) is 0 Å². The lowest BCUT2D eigenvalue weighted by Gasteiger charge is -2.03. The van der Waals surface area contributed by atoms with Crippen LogP contribution in [-0.2, 0) is 0 Å². The van der Waals surface area contributed by atoms with Crippen LogP contribution < -0.4 is 5.56 Å². The normalized spacial score (nSPS) is 10.6. The number of aromatic amines is 1. The first-order valence-corrected chi connectivity index (χ1v) is 6.25. The van der Waals surface area contributed by atoms with Gasteiger partial charge in [0.15, 0.2) is 5.82 Å². The van der Waals surface area contributed by atoms with Gasteiger partial charge in [-0.05, 0) is 24.8 Å². The van der Waals surface area contributed by atoms with E-state index >= 15 is 0 Å². The molecule has 0 aromatic carbocycles. The summed E-state index contributed by atoms with van der Waals surface area (Å²) in [6.45, 7) is 3.33. The number of hydrogen-bond acceptors (Lipinski definition) is 4. The van der Waals surface area contributed by atoms with E-state index in [0.717, 1.165) is 5.56 Å². The van der Waals surface area contributed by atoms with Crippen LogP contribution in [0, 0.1) is 13.8 Å². The average Bonchev–Trinajstić information content (AvgIpc) is 2.58. The number of aryl methyl sites for hydroxylation is 2. The van der Waals surface area contributed by atoms with Crippen LogP contribution in [0.5, 0.6) is 0 Å². The predicted octanol–water partition coefficient (Wildman–Crippen LogP) is 2.47. The summed E-state index contributed by atoms with van der Waals surface area (Å²) in [5, 5.41) is 11.2. The number of halogens is 1. The van der Waals surface area contributed by atoms with Gasteiger partial charge in [-0.2, -0.15) is 0 Å². The zero-order chi connectivity index (χ0) is 13.4. The largest absolute Gasteiger partial charge is 0.477 e. The van der Waals surface area contributed by atoms with Gasteiger partial charge < -0.3 is 10.1 Å².